The maximum absolute atomic E-state index is 9.37. The molecule has 0 saturated carbocycles. The van der Waals surface area contributed by atoms with E-state index in [1.54, 1.807) is 12.1 Å². The summed E-state index contributed by atoms with van der Waals surface area (Å²) in [7, 11) is 1.97. The van der Waals surface area contributed by atoms with Crippen molar-refractivity contribution in [2.75, 3.05) is 13.2 Å². The van der Waals surface area contributed by atoms with E-state index in [1.807, 2.05) is 20.2 Å². The molecule has 0 spiro atoms. The lowest BCUT2D eigenvalue weighted by molar-refractivity contribution is -0.0434. The van der Waals surface area contributed by atoms with Gasteiger partial charge in [0.15, 0.2) is 6.29 Å². The Hall–Kier alpha value is -0.995. The second-order valence-corrected chi connectivity index (χ2v) is 3.18. The molecule has 0 bridgehead atoms. The van der Waals surface area contributed by atoms with Crippen molar-refractivity contribution >= 4 is 12.7 Å². The normalized spacial score (nSPS) is 17.2. The molecule has 0 aliphatic carbocycles. The van der Waals surface area contributed by atoms with Crippen LogP contribution in [0.25, 0.3) is 0 Å². The monoisotopic (exact) mass is 191 g/mol. The molecule has 1 aliphatic heterocycles. The highest BCUT2D eigenvalue weighted by atomic mass is 16.7. The third-order valence-electron chi connectivity index (χ3n) is 2.26. The quantitative estimate of drug-likeness (QED) is 0.703. The molecule has 1 aliphatic rings. The third-order valence-corrected chi connectivity index (χ3v) is 2.26. The van der Waals surface area contributed by atoms with Gasteiger partial charge in [0.25, 0.3) is 0 Å². The fraction of sp³-hybridized carbons (Fsp3) is 0.400. The summed E-state index contributed by atoms with van der Waals surface area (Å²) in [6.07, 6.45) is -0.326. The van der Waals surface area contributed by atoms with Crippen LogP contribution in [-0.4, -0.2) is 25.6 Å². The van der Waals surface area contributed by atoms with Gasteiger partial charge in [-0.1, -0.05) is 18.4 Å². The number of benzene rings is 1. The molecule has 4 heteroatoms. The molecule has 1 aromatic rings. The van der Waals surface area contributed by atoms with Crippen LogP contribution in [0.1, 0.15) is 11.9 Å². The highest BCUT2D eigenvalue weighted by Gasteiger charge is 2.20. The molecule has 0 atom stereocenters. The van der Waals surface area contributed by atoms with Gasteiger partial charge in [0, 0.05) is 5.56 Å². The fourth-order valence-corrected chi connectivity index (χ4v) is 1.57. The van der Waals surface area contributed by atoms with Crippen LogP contribution < -0.4 is 5.46 Å². The Morgan fingerprint density at radius 2 is 2.07 bits per heavy atom. The summed E-state index contributed by atoms with van der Waals surface area (Å²) in [6, 6.07) is 5.20. The molecule has 3 nitrogen and oxygen atoms in total. The summed E-state index contributed by atoms with van der Waals surface area (Å²) in [4.78, 5) is 0. The average Bonchev–Trinajstić information content (AvgIpc) is 2.70. The number of ether oxygens (including phenoxy) is 2. The Balaban J connectivity index is 2.33. The maximum Gasteiger partial charge on any atom is 0.183 e. The summed E-state index contributed by atoms with van der Waals surface area (Å²) in [5.74, 6) is 0.240. The van der Waals surface area contributed by atoms with E-state index >= 15 is 0 Å². The molecule has 73 valence electrons. The predicted molar refractivity (Wildman–Crippen MR) is 54.0 cm³/mol. The van der Waals surface area contributed by atoms with Crippen LogP contribution in [0.4, 0.5) is 0 Å². The van der Waals surface area contributed by atoms with Crippen LogP contribution in [0.15, 0.2) is 18.2 Å². The van der Waals surface area contributed by atoms with Gasteiger partial charge < -0.3 is 14.6 Å². The second kappa shape index (κ2) is 4.03. The Kier molecular flexibility index (Phi) is 2.75. The first kappa shape index (κ1) is 9.56. The van der Waals surface area contributed by atoms with E-state index in [4.69, 9.17) is 9.47 Å². The topological polar surface area (TPSA) is 38.7 Å². The molecule has 0 aromatic heterocycles. The predicted octanol–water partition coefficient (Wildman–Crippen LogP) is 0.815. The zero-order valence-electron chi connectivity index (χ0n) is 8.06. The molecule has 2 rings (SSSR count). The van der Waals surface area contributed by atoms with Gasteiger partial charge in [-0.3, -0.25) is 0 Å². The Bertz CT molecular complexity index is 321. The van der Waals surface area contributed by atoms with Crippen LogP contribution in [0, 0.1) is 0 Å². The highest BCUT2D eigenvalue weighted by molar-refractivity contribution is 6.52. The second-order valence-electron chi connectivity index (χ2n) is 3.18. The van der Waals surface area contributed by atoms with E-state index in [-0.39, 0.29) is 12.0 Å². The first-order valence-corrected chi connectivity index (χ1v) is 4.67. The van der Waals surface area contributed by atoms with Gasteiger partial charge in [-0.05, 0) is 12.1 Å². The van der Waals surface area contributed by atoms with Crippen molar-refractivity contribution in [1.29, 1.82) is 0 Å². The molecule has 1 N–H and O–H groups in total. The minimum atomic E-state index is -0.326. The van der Waals surface area contributed by atoms with Crippen molar-refractivity contribution in [3.8, 4) is 5.75 Å². The summed E-state index contributed by atoms with van der Waals surface area (Å²) in [5.41, 5.74) is 1.93. The van der Waals surface area contributed by atoms with Crippen LogP contribution >= 0.6 is 0 Å². The molecule has 1 heterocycles. The molecule has 1 aromatic carbocycles. The Morgan fingerprint density at radius 3 is 2.71 bits per heavy atom. The van der Waals surface area contributed by atoms with Crippen LogP contribution in [0.5, 0.6) is 5.75 Å². The number of hydrogen-bond acceptors (Lipinski definition) is 3. The van der Waals surface area contributed by atoms with E-state index in [0.29, 0.717) is 13.2 Å². The van der Waals surface area contributed by atoms with E-state index < -0.39 is 0 Å². The molecule has 1 saturated heterocycles. The lowest BCUT2D eigenvalue weighted by atomic mass is 9.71. The molecule has 1 fully saturated rings. The molecule has 1 radical (unpaired) electrons. The number of aromatic hydroxyl groups is 1. The Morgan fingerprint density at radius 1 is 1.36 bits per heavy atom. The van der Waals surface area contributed by atoms with Crippen LogP contribution in [0.2, 0.25) is 6.82 Å². The number of hydrogen-bond donors (Lipinski definition) is 1. The molecule has 14 heavy (non-hydrogen) atoms. The highest BCUT2D eigenvalue weighted by Crippen LogP contribution is 2.24. The zero-order valence-corrected chi connectivity index (χ0v) is 8.06. The minimum absolute atomic E-state index is 0.240. The molecular formula is C10H12BO3. The summed E-state index contributed by atoms with van der Waals surface area (Å²) >= 11 is 0. The fourth-order valence-electron chi connectivity index (χ4n) is 1.57. The van der Waals surface area contributed by atoms with Crippen molar-refractivity contribution in [3.63, 3.8) is 0 Å². The van der Waals surface area contributed by atoms with E-state index in [2.05, 4.69) is 0 Å². The van der Waals surface area contributed by atoms with Gasteiger partial charge in [-0.2, -0.15) is 0 Å². The molecular weight excluding hydrogens is 179 g/mol. The average molecular weight is 191 g/mol. The molecule has 0 amide bonds. The largest absolute Gasteiger partial charge is 0.508 e. The van der Waals surface area contributed by atoms with Gasteiger partial charge in [-0.15, -0.1) is 0 Å². The first-order chi connectivity index (χ1) is 6.81. The van der Waals surface area contributed by atoms with E-state index in [1.165, 1.54) is 0 Å². The summed E-state index contributed by atoms with van der Waals surface area (Å²) < 4.78 is 10.8. The van der Waals surface area contributed by atoms with Gasteiger partial charge in [0.2, 0.25) is 0 Å². The van der Waals surface area contributed by atoms with Crippen molar-refractivity contribution in [1.82, 2.24) is 0 Å². The molecule has 0 unspecified atom stereocenters. The van der Waals surface area contributed by atoms with Gasteiger partial charge in [-0.25, -0.2) is 0 Å². The summed E-state index contributed by atoms with van der Waals surface area (Å²) in [5, 5.41) is 9.37. The number of phenolic OH excluding ortho intramolecular Hbond substituents is 1. The van der Waals surface area contributed by atoms with E-state index in [9.17, 15) is 5.11 Å². The zero-order chi connectivity index (χ0) is 9.97. The standard InChI is InChI=1S/C10H12BO3/c1-11-9-3-2-7(12)6-8(9)10-13-4-5-14-10/h2-3,6,10,12H,4-5H2,1H3. The van der Waals surface area contributed by atoms with Gasteiger partial charge in [0.05, 0.1) is 13.2 Å². The SMILES string of the molecule is C[B]c1ccc(O)cc1C1OCCO1. The minimum Gasteiger partial charge on any atom is -0.508 e. The lowest BCUT2D eigenvalue weighted by Gasteiger charge is -2.13. The summed E-state index contributed by atoms with van der Waals surface area (Å²) in [6.45, 7) is 3.18. The van der Waals surface area contributed by atoms with Crippen molar-refractivity contribution in [2.24, 2.45) is 0 Å². The van der Waals surface area contributed by atoms with Crippen molar-refractivity contribution in [2.45, 2.75) is 13.1 Å². The van der Waals surface area contributed by atoms with E-state index in [0.717, 1.165) is 11.0 Å². The van der Waals surface area contributed by atoms with Gasteiger partial charge in [0.1, 0.15) is 13.0 Å². The van der Waals surface area contributed by atoms with Crippen LogP contribution in [-0.2, 0) is 9.47 Å². The van der Waals surface area contributed by atoms with Gasteiger partial charge >= 0.3 is 0 Å². The maximum atomic E-state index is 9.37. The third kappa shape index (κ3) is 1.76. The lowest BCUT2D eigenvalue weighted by Crippen LogP contribution is -2.19. The first-order valence-electron chi connectivity index (χ1n) is 4.67. The smallest absolute Gasteiger partial charge is 0.183 e. The number of phenols is 1. The van der Waals surface area contributed by atoms with Crippen molar-refractivity contribution in [3.05, 3.63) is 23.8 Å². The Labute approximate surface area is 83.9 Å². The van der Waals surface area contributed by atoms with Crippen molar-refractivity contribution < 1.29 is 14.6 Å². The van der Waals surface area contributed by atoms with Crippen LogP contribution in [0.3, 0.4) is 0 Å². The number of rotatable bonds is 2.